The molecule has 2 aliphatic heterocycles. The third-order valence-electron chi connectivity index (χ3n) is 8.16. The normalized spacial score (nSPS) is 15.9. The Balaban J connectivity index is 1.21. The standard InChI is InChI=1S/C35H42N2/c1-25-20-28(10-12-30-14-16-32(22-26(30)2)34-8-4-6-18-36-34)24-29(21-25)11-13-31-15-17-33(23-27(31)3)35-9-5-7-19-37-35/h14-17,20-24H,4-13,18-19H2,1-3H3. The van der Waals surface area contributed by atoms with Gasteiger partial charge in [0.2, 0.25) is 0 Å². The van der Waals surface area contributed by atoms with Gasteiger partial charge >= 0.3 is 0 Å². The van der Waals surface area contributed by atoms with Gasteiger partial charge in [0.25, 0.3) is 0 Å². The maximum absolute atomic E-state index is 4.77. The zero-order chi connectivity index (χ0) is 25.6. The molecule has 0 radical (unpaired) electrons. The summed E-state index contributed by atoms with van der Waals surface area (Å²) in [5.41, 5.74) is 15.3. The van der Waals surface area contributed by atoms with Crippen molar-refractivity contribution in [1.82, 2.24) is 0 Å². The van der Waals surface area contributed by atoms with Crippen LogP contribution in [-0.4, -0.2) is 24.5 Å². The van der Waals surface area contributed by atoms with Crippen LogP contribution in [0.1, 0.15) is 88.6 Å². The van der Waals surface area contributed by atoms with Crippen molar-refractivity contribution in [1.29, 1.82) is 0 Å². The number of nitrogens with zero attached hydrogens (tertiary/aromatic N) is 2. The minimum atomic E-state index is 0.993. The van der Waals surface area contributed by atoms with Crippen molar-refractivity contribution in [2.45, 2.75) is 85.0 Å². The van der Waals surface area contributed by atoms with Crippen LogP contribution in [-0.2, 0) is 25.7 Å². The lowest BCUT2D eigenvalue weighted by Crippen LogP contribution is -2.08. The van der Waals surface area contributed by atoms with E-state index >= 15 is 0 Å². The molecule has 0 bridgehead atoms. The summed E-state index contributed by atoms with van der Waals surface area (Å²) in [6, 6.07) is 21.2. The van der Waals surface area contributed by atoms with Crippen LogP contribution in [0.15, 0.2) is 64.6 Å². The van der Waals surface area contributed by atoms with E-state index in [4.69, 9.17) is 9.98 Å². The molecule has 2 nitrogen and oxygen atoms in total. The molecule has 0 amide bonds. The molecule has 0 spiro atoms. The van der Waals surface area contributed by atoms with Gasteiger partial charge in [-0.2, -0.15) is 0 Å². The monoisotopic (exact) mass is 490 g/mol. The topological polar surface area (TPSA) is 24.7 Å². The molecule has 0 fully saturated rings. The third-order valence-corrected chi connectivity index (χ3v) is 8.16. The molecule has 37 heavy (non-hydrogen) atoms. The second-order valence-corrected chi connectivity index (χ2v) is 11.2. The second kappa shape index (κ2) is 12.0. The summed E-state index contributed by atoms with van der Waals surface area (Å²) in [6.07, 6.45) is 11.6. The Morgan fingerprint density at radius 3 is 1.43 bits per heavy atom. The van der Waals surface area contributed by atoms with E-state index in [0.717, 1.165) is 51.6 Å². The summed E-state index contributed by atoms with van der Waals surface area (Å²) in [7, 11) is 0. The Bertz CT molecular complexity index is 1210. The molecule has 2 heterocycles. The predicted octanol–water partition coefficient (Wildman–Crippen LogP) is 8.13. The first-order valence-corrected chi connectivity index (χ1v) is 14.4. The van der Waals surface area contributed by atoms with Crippen molar-refractivity contribution in [3.63, 3.8) is 0 Å². The first kappa shape index (κ1) is 25.6. The summed E-state index contributed by atoms with van der Waals surface area (Å²) >= 11 is 0. The van der Waals surface area contributed by atoms with Crippen LogP contribution >= 0.6 is 0 Å². The average molecular weight is 491 g/mol. The van der Waals surface area contributed by atoms with Gasteiger partial charge < -0.3 is 0 Å². The van der Waals surface area contributed by atoms with E-state index in [-0.39, 0.29) is 0 Å². The van der Waals surface area contributed by atoms with Crippen LogP contribution in [0.2, 0.25) is 0 Å². The summed E-state index contributed by atoms with van der Waals surface area (Å²) < 4.78 is 0. The SMILES string of the molecule is Cc1cc(CCc2ccc(C3=NCCCC3)cc2C)cc(CCc2ccc(C3=NCCCC3)cc2C)c1. The van der Waals surface area contributed by atoms with Gasteiger partial charge in [-0.15, -0.1) is 0 Å². The number of aryl methyl sites for hydroxylation is 7. The molecule has 0 N–H and O–H groups in total. The lowest BCUT2D eigenvalue weighted by molar-refractivity contribution is 0.738. The van der Waals surface area contributed by atoms with Crippen LogP contribution < -0.4 is 0 Å². The Morgan fingerprint density at radius 1 is 0.541 bits per heavy atom. The molecule has 3 aromatic carbocycles. The van der Waals surface area contributed by atoms with E-state index in [2.05, 4.69) is 75.4 Å². The molecule has 0 saturated carbocycles. The van der Waals surface area contributed by atoms with Gasteiger partial charge in [0.05, 0.1) is 0 Å². The van der Waals surface area contributed by atoms with Gasteiger partial charge in [0.15, 0.2) is 0 Å². The van der Waals surface area contributed by atoms with Gasteiger partial charge in [-0.3, -0.25) is 9.98 Å². The molecule has 192 valence electrons. The van der Waals surface area contributed by atoms with Gasteiger partial charge in [-0.05, 0) is 142 Å². The van der Waals surface area contributed by atoms with Crippen molar-refractivity contribution < 1.29 is 0 Å². The average Bonchev–Trinajstić information content (AvgIpc) is 2.92. The summed E-state index contributed by atoms with van der Waals surface area (Å²) in [4.78, 5) is 9.53. The zero-order valence-electron chi connectivity index (χ0n) is 23.1. The number of hydrogen-bond acceptors (Lipinski definition) is 2. The van der Waals surface area contributed by atoms with Gasteiger partial charge in [0.1, 0.15) is 0 Å². The van der Waals surface area contributed by atoms with Gasteiger partial charge in [-0.25, -0.2) is 0 Å². The smallest absolute Gasteiger partial charge is 0.0420 e. The highest BCUT2D eigenvalue weighted by Crippen LogP contribution is 2.22. The summed E-state index contributed by atoms with van der Waals surface area (Å²) in [6.45, 7) is 8.75. The molecule has 0 aromatic heterocycles. The minimum Gasteiger partial charge on any atom is -0.289 e. The summed E-state index contributed by atoms with van der Waals surface area (Å²) in [5, 5.41) is 0. The van der Waals surface area contributed by atoms with Crippen LogP contribution in [0.4, 0.5) is 0 Å². The van der Waals surface area contributed by atoms with Crippen molar-refractivity contribution >= 4 is 11.4 Å². The van der Waals surface area contributed by atoms with Crippen LogP contribution in [0.3, 0.4) is 0 Å². The lowest BCUT2D eigenvalue weighted by Gasteiger charge is -2.15. The van der Waals surface area contributed by atoms with E-state index in [1.54, 1.807) is 0 Å². The van der Waals surface area contributed by atoms with Gasteiger partial charge in [-0.1, -0.05) is 48.0 Å². The molecule has 3 aromatic rings. The highest BCUT2D eigenvalue weighted by Gasteiger charge is 2.11. The van der Waals surface area contributed by atoms with E-state index in [9.17, 15) is 0 Å². The highest BCUT2D eigenvalue weighted by atomic mass is 14.7. The molecule has 0 unspecified atom stereocenters. The fourth-order valence-electron chi connectivity index (χ4n) is 5.97. The number of benzene rings is 3. The Morgan fingerprint density at radius 2 is 1.03 bits per heavy atom. The van der Waals surface area contributed by atoms with Crippen molar-refractivity contribution in [2.75, 3.05) is 13.1 Å². The zero-order valence-corrected chi connectivity index (χ0v) is 23.1. The fraction of sp³-hybridized carbons (Fsp3) is 0.429. The second-order valence-electron chi connectivity index (χ2n) is 11.2. The Hall–Kier alpha value is -3.00. The van der Waals surface area contributed by atoms with E-state index in [1.807, 2.05) is 0 Å². The minimum absolute atomic E-state index is 0.993. The first-order chi connectivity index (χ1) is 18.0. The number of aliphatic imine (C=N–C) groups is 2. The molecular formula is C35H42N2. The first-order valence-electron chi connectivity index (χ1n) is 14.4. The molecular weight excluding hydrogens is 448 g/mol. The molecule has 0 aliphatic carbocycles. The highest BCUT2D eigenvalue weighted by molar-refractivity contribution is 6.01. The number of hydrogen-bond donors (Lipinski definition) is 0. The van der Waals surface area contributed by atoms with Crippen LogP contribution in [0.5, 0.6) is 0 Å². The number of rotatable bonds is 8. The molecule has 0 saturated heterocycles. The Kier molecular flexibility index (Phi) is 8.34. The van der Waals surface area contributed by atoms with E-state index < -0.39 is 0 Å². The van der Waals surface area contributed by atoms with Crippen molar-refractivity contribution in [2.24, 2.45) is 9.98 Å². The Labute approximate surface area is 224 Å². The van der Waals surface area contributed by atoms with E-state index in [1.165, 1.54) is 87.2 Å². The molecule has 0 atom stereocenters. The van der Waals surface area contributed by atoms with Gasteiger partial charge in [0, 0.05) is 24.5 Å². The van der Waals surface area contributed by atoms with Crippen molar-refractivity contribution in [3.8, 4) is 0 Å². The maximum Gasteiger partial charge on any atom is 0.0420 e. The maximum atomic E-state index is 4.77. The predicted molar refractivity (Wildman–Crippen MR) is 159 cm³/mol. The molecule has 5 rings (SSSR count). The van der Waals surface area contributed by atoms with Crippen LogP contribution in [0.25, 0.3) is 0 Å². The fourth-order valence-corrected chi connectivity index (χ4v) is 5.97. The molecule has 2 heteroatoms. The quantitative estimate of drug-likeness (QED) is 0.304. The van der Waals surface area contributed by atoms with E-state index in [0.29, 0.717) is 0 Å². The largest absolute Gasteiger partial charge is 0.289 e. The summed E-state index contributed by atoms with van der Waals surface area (Å²) in [5.74, 6) is 0. The lowest BCUT2D eigenvalue weighted by atomic mass is 9.93. The third kappa shape index (κ3) is 6.66. The molecule has 2 aliphatic rings. The van der Waals surface area contributed by atoms with Crippen molar-refractivity contribution in [3.05, 3.63) is 105 Å². The van der Waals surface area contributed by atoms with Crippen LogP contribution in [0, 0.1) is 20.8 Å².